The molecule has 0 fully saturated rings. The lowest BCUT2D eigenvalue weighted by atomic mass is 10.0. The number of rotatable bonds is 9. The summed E-state index contributed by atoms with van der Waals surface area (Å²) in [6.07, 6.45) is 0.907. The molecular weight excluding hydrogens is 356 g/mol. The van der Waals surface area contributed by atoms with Gasteiger partial charge in [-0.3, -0.25) is 9.59 Å². The Morgan fingerprint density at radius 2 is 1.29 bits per heavy atom. The van der Waals surface area contributed by atoms with Crippen LogP contribution in [-0.2, 0) is 9.59 Å². The van der Waals surface area contributed by atoms with E-state index in [9.17, 15) is 9.59 Å². The van der Waals surface area contributed by atoms with Crippen LogP contribution in [0.2, 0.25) is 0 Å². The van der Waals surface area contributed by atoms with Gasteiger partial charge in [0.1, 0.15) is 11.5 Å². The predicted octanol–water partition coefficient (Wildman–Crippen LogP) is 3.54. The van der Waals surface area contributed by atoms with E-state index in [-0.39, 0.29) is 24.3 Å². The van der Waals surface area contributed by atoms with Gasteiger partial charge in [-0.15, -0.1) is 0 Å². The van der Waals surface area contributed by atoms with Gasteiger partial charge in [-0.05, 0) is 41.8 Å². The Morgan fingerprint density at radius 1 is 0.821 bits per heavy atom. The summed E-state index contributed by atoms with van der Waals surface area (Å²) in [5, 5.41) is 5.91. The monoisotopic (exact) mass is 384 g/mol. The first-order chi connectivity index (χ1) is 13.5. The van der Waals surface area contributed by atoms with E-state index >= 15 is 0 Å². The largest absolute Gasteiger partial charge is 0.497 e. The van der Waals surface area contributed by atoms with Gasteiger partial charge < -0.3 is 20.1 Å². The van der Waals surface area contributed by atoms with E-state index in [2.05, 4.69) is 10.6 Å². The van der Waals surface area contributed by atoms with Crippen LogP contribution in [0.1, 0.15) is 49.9 Å². The standard InChI is InChI=1S/C22H28N2O4/c1-5-20(16-6-10-18(27-3)11-7-16)24-22(26)14-21(23-15(2)25)17-8-12-19(28-4)13-9-17/h6-13,20-21H,5,14H2,1-4H3,(H,23,25)(H,24,26). The smallest absolute Gasteiger partial charge is 0.222 e. The van der Waals surface area contributed by atoms with E-state index in [0.29, 0.717) is 0 Å². The molecule has 2 aromatic carbocycles. The van der Waals surface area contributed by atoms with Crippen molar-refractivity contribution in [2.24, 2.45) is 0 Å². The summed E-state index contributed by atoms with van der Waals surface area (Å²) >= 11 is 0. The SMILES string of the molecule is CCC(NC(=O)CC(NC(C)=O)c1ccc(OC)cc1)c1ccc(OC)cc1. The summed E-state index contributed by atoms with van der Waals surface area (Å²) in [5.74, 6) is 1.18. The Labute approximate surface area is 166 Å². The molecule has 2 atom stereocenters. The Hall–Kier alpha value is -3.02. The van der Waals surface area contributed by atoms with Gasteiger partial charge >= 0.3 is 0 Å². The van der Waals surface area contributed by atoms with Gasteiger partial charge in [-0.1, -0.05) is 31.2 Å². The van der Waals surface area contributed by atoms with Crippen molar-refractivity contribution >= 4 is 11.8 Å². The molecule has 0 heterocycles. The second kappa shape index (κ2) is 10.3. The quantitative estimate of drug-likeness (QED) is 0.693. The van der Waals surface area contributed by atoms with Crippen LogP contribution in [0.25, 0.3) is 0 Å². The maximum absolute atomic E-state index is 12.7. The lowest BCUT2D eigenvalue weighted by Gasteiger charge is -2.22. The van der Waals surface area contributed by atoms with Crippen LogP contribution in [0.5, 0.6) is 11.5 Å². The highest BCUT2D eigenvalue weighted by Crippen LogP contribution is 2.23. The van der Waals surface area contributed by atoms with Crippen molar-refractivity contribution in [3.05, 3.63) is 59.7 Å². The molecule has 150 valence electrons. The fourth-order valence-electron chi connectivity index (χ4n) is 3.03. The Balaban J connectivity index is 2.08. The van der Waals surface area contributed by atoms with Crippen LogP contribution < -0.4 is 20.1 Å². The molecule has 2 amide bonds. The number of hydrogen-bond donors (Lipinski definition) is 2. The Bertz CT molecular complexity index is 772. The molecule has 2 unspecified atom stereocenters. The fraction of sp³-hybridized carbons (Fsp3) is 0.364. The van der Waals surface area contributed by atoms with Crippen molar-refractivity contribution in [3.8, 4) is 11.5 Å². The molecule has 0 aliphatic rings. The zero-order valence-corrected chi connectivity index (χ0v) is 16.8. The maximum Gasteiger partial charge on any atom is 0.222 e. The second-order valence-electron chi connectivity index (χ2n) is 6.53. The van der Waals surface area contributed by atoms with Crippen molar-refractivity contribution in [1.82, 2.24) is 10.6 Å². The number of benzene rings is 2. The molecular formula is C22H28N2O4. The van der Waals surface area contributed by atoms with Crippen LogP contribution in [0.15, 0.2) is 48.5 Å². The number of carbonyl (C=O) groups is 2. The van der Waals surface area contributed by atoms with Gasteiger partial charge in [0.15, 0.2) is 0 Å². The lowest BCUT2D eigenvalue weighted by molar-refractivity contribution is -0.123. The summed E-state index contributed by atoms with van der Waals surface area (Å²) in [5.41, 5.74) is 1.86. The molecule has 2 aromatic rings. The third-order valence-corrected chi connectivity index (χ3v) is 4.55. The van der Waals surface area contributed by atoms with Gasteiger partial charge in [0.25, 0.3) is 0 Å². The number of hydrogen-bond acceptors (Lipinski definition) is 4. The molecule has 2 N–H and O–H groups in total. The summed E-state index contributed by atoms with van der Waals surface area (Å²) in [6.45, 7) is 3.46. The summed E-state index contributed by atoms with van der Waals surface area (Å²) in [7, 11) is 3.22. The average Bonchev–Trinajstić information content (AvgIpc) is 2.71. The molecule has 0 saturated carbocycles. The van der Waals surface area contributed by atoms with Crippen molar-refractivity contribution in [2.45, 2.75) is 38.8 Å². The van der Waals surface area contributed by atoms with Crippen LogP contribution in [0.3, 0.4) is 0 Å². The second-order valence-corrected chi connectivity index (χ2v) is 6.53. The molecule has 0 saturated heterocycles. The van der Waals surface area contributed by atoms with Gasteiger partial charge in [0.2, 0.25) is 11.8 Å². The van der Waals surface area contributed by atoms with Crippen molar-refractivity contribution < 1.29 is 19.1 Å². The number of ether oxygens (including phenoxy) is 2. The van der Waals surface area contributed by atoms with E-state index in [4.69, 9.17) is 9.47 Å². The van der Waals surface area contributed by atoms with Crippen molar-refractivity contribution in [3.63, 3.8) is 0 Å². The molecule has 0 aliphatic carbocycles. The molecule has 6 heteroatoms. The third-order valence-electron chi connectivity index (χ3n) is 4.55. The Kier molecular flexibility index (Phi) is 7.87. The normalized spacial score (nSPS) is 12.6. The van der Waals surface area contributed by atoms with Crippen LogP contribution in [0, 0.1) is 0 Å². The number of methoxy groups -OCH3 is 2. The van der Waals surface area contributed by atoms with Crippen molar-refractivity contribution in [2.75, 3.05) is 14.2 Å². The fourth-order valence-corrected chi connectivity index (χ4v) is 3.03. The van der Waals surface area contributed by atoms with Gasteiger partial charge in [-0.2, -0.15) is 0 Å². The highest BCUT2D eigenvalue weighted by atomic mass is 16.5. The van der Waals surface area contributed by atoms with Gasteiger partial charge in [-0.25, -0.2) is 0 Å². The van der Waals surface area contributed by atoms with E-state index in [0.717, 1.165) is 29.0 Å². The van der Waals surface area contributed by atoms with Crippen LogP contribution in [0.4, 0.5) is 0 Å². The lowest BCUT2D eigenvalue weighted by Crippen LogP contribution is -2.34. The molecule has 2 rings (SSSR count). The molecule has 0 bridgehead atoms. The number of nitrogens with one attached hydrogen (secondary N) is 2. The van der Waals surface area contributed by atoms with E-state index in [1.165, 1.54) is 6.92 Å². The molecule has 0 radical (unpaired) electrons. The average molecular weight is 384 g/mol. The highest BCUT2D eigenvalue weighted by molar-refractivity contribution is 5.79. The summed E-state index contributed by atoms with van der Waals surface area (Å²) in [6, 6.07) is 14.5. The minimum atomic E-state index is -0.406. The third kappa shape index (κ3) is 6.01. The van der Waals surface area contributed by atoms with Gasteiger partial charge in [0.05, 0.1) is 32.7 Å². The Morgan fingerprint density at radius 3 is 1.68 bits per heavy atom. The summed E-state index contributed by atoms with van der Waals surface area (Å²) < 4.78 is 10.4. The van der Waals surface area contributed by atoms with E-state index in [1.807, 2.05) is 55.5 Å². The number of carbonyl (C=O) groups excluding carboxylic acids is 2. The number of amides is 2. The zero-order valence-electron chi connectivity index (χ0n) is 16.8. The highest BCUT2D eigenvalue weighted by Gasteiger charge is 2.20. The topological polar surface area (TPSA) is 76.7 Å². The zero-order chi connectivity index (χ0) is 20.5. The van der Waals surface area contributed by atoms with Gasteiger partial charge in [0, 0.05) is 6.92 Å². The predicted molar refractivity (Wildman–Crippen MR) is 108 cm³/mol. The first-order valence-corrected chi connectivity index (χ1v) is 9.31. The van der Waals surface area contributed by atoms with Crippen LogP contribution in [-0.4, -0.2) is 26.0 Å². The minimum absolute atomic E-state index is 0.104. The van der Waals surface area contributed by atoms with Crippen molar-refractivity contribution in [1.29, 1.82) is 0 Å². The van der Waals surface area contributed by atoms with Crippen LogP contribution >= 0.6 is 0 Å². The molecule has 28 heavy (non-hydrogen) atoms. The molecule has 6 nitrogen and oxygen atoms in total. The molecule has 0 aromatic heterocycles. The molecule has 0 aliphatic heterocycles. The van der Waals surface area contributed by atoms with E-state index < -0.39 is 6.04 Å². The van der Waals surface area contributed by atoms with E-state index in [1.54, 1.807) is 14.2 Å². The first-order valence-electron chi connectivity index (χ1n) is 9.31. The minimum Gasteiger partial charge on any atom is -0.497 e. The molecule has 0 spiro atoms. The first kappa shape index (κ1) is 21.3. The maximum atomic E-state index is 12.7. The summed E-state index contributed by atoms with van der Waals surface area (Å²) in [4.78, 5) is 24.3.